The topological polar surface area (TPSA) is 61.4 Å². The molecule has 130 valence electrons. The molecule has 5 nitrogen and oxygen atoms in total. The monoisotopic (exact) mass is 365 g/mol. The van der Waals surface area contributed by atoms with E-state index in [1.165, 1.54) is 0 Å². The first-order valence-electron chi connectivity index (χ1n) is 8.04. The summed E-state index contributed by atoms with van der Waals surface area (Å²) < 4.78 is 0. The van der Waals surface area contributed by atoms with Crippen LogP contribution >= 0.6 is 24.0 Å². The lowest BCUT2D eigenvalue weighted by Crippen LogP contribution is -2.31. The molecule has 7 heteroatoms. The maximum absolute atomic E-state index is 12.5. The standard InChI is InChI=1S/C17H23N3O2S2/c1-3-5-15(21)18-13-7-4-6-12(10-13)11-20-16(22)14(8-9-24-2)19-17(20)23/h4,6-7,10,14H,3,5,8-9,11H2,1-2H3,(H,18,21)(H,19,23)/t14-/m0/s1. The fraction of sp³-hybridized carbons (Fsp3) is 0.471. The summed E-state index contributed by atoms with van der Waals surface area (Å²) in [5.41, 5.74) is 1.68. The second-order valence-corrected chi connectivity index (χ2v) is 7.08. The van der Waals surface area contributed by atoms with Crippen molar-refractivity contribution in [2.75, 3.05) is 17.3 Å². The SMILES string of the molecule is CCCC(=O)Nc1cccc(CN2C(=O)[C@H](CCSC)NC2=S)c1. The second kappa shape index (κ2) is 9.03. The average molecular weight is 366 g/mol. The fourth-order valence-corrected chi connectivity index (χ4v) is 3.31. The minimum Gasteiger partial charge on any atom is -0.350 e. The molecule has 0 radical (unpaired) electrons. The first kappa shape index (κ1) is 18.7. The summed E-state index contributed by atoms with van der Waals surface area (Å²) in [6, 6.07) is 7.32. The van der Waals surface area contributed by atoms with Crippen molar-refractivity contribution in [3.8, 4) is 0 Å². The molecule has 0 bridgehead atoms. The van der Waals surface area contributed by atoms with Gasteiger partial charge in [0.15, 0.2) is 5.11 Å². The van der Waals surface area contributed by atoms with Crippen molar-refractivity contribution in [2.24, 2.45) is 0 Å². The van der Waals surface area contributed by atoms with Crippen LogP contribution in [0.15, 0.2) is 24.3 Å². The van der Waals surface area contributed by atoms with Gasteiger partial charge in [-0.3, -0.25) is 14.5 Å². The van der Waals surface area contributed by atoms with Gasteiger partial charge in [-0.15, -0.1) is 0 Å². The predicted octanol–water partition coefficient (Wildman–Crippen LogP) is 2.76. The van der Waals surface area contributed by atoms with Gasteiger partial charge in [-0.25, -0.2) is 0 Å². The van der Waals surface area contributed by atoms with Crippen molar-refractivity contribution >= 4 is 46.6 Å². The Morgan fingerprint density at radius 3 is 2.96 bits per heavy atom. The van der Waals surface area contributed by atoms with E-state index in [-0.39, 0.29) is 17.9 Å². The van der Waals surface area contributed by atoms with Gasteiger partial charge in [0, 0.05) is 12.1 Å². The zero-order valence-corrected chi connectivity index (χ0v) is 15.6. The molecule has 0 aromatic heterocycles. The maximum atomic E-state index is 12.5. The second-order valence-electron chi connectivity index (χ2n) is 5.71. The average Bonchev–Trinajstić information content (AvgIpc) is 2.81. The number of carbonyl (C=O) groups is 2. The van der Waals surface area contributed by atoms with E-state index in [0.29, 0.717) is 18.1 Å². The number of rotatable bonds is 8. The molecule has 1 aromatic rings. The van der Waals surface area contributed by atoms with Crippen LogP contribution in [0.3, 0.4) is 0 Å². The molecule has 0 spiro atoms. The van der Waals surface area contributed by atoms with E-state index in [4.69, 9.17) is 12.2 Å². The molecule has 1 aliphatic heterocycles. The van der Waals surface area contributed by atoms with E-state index in [2.05, 4.69) is 10.6 Å². The molecule has 0 saturated carbocycles. The summed E-state index contributed by atoms with van der Waals surface area (Å²) in [6.07, 6.45) is 4.10. The van der Waals surface area contributed by atoms with Gasteiger partial charge in [0.1, 0.15) is 6.04 Å². The highest BCUT2D eigenvalue weighted by atomic mass is 32.2. The normalized spacial score (nSPS) is 17.1. The van der Waals surface area contributed by atoms with Crippen LogP contribution < -0.4 is 10.6 Å². The minimum atomic E-state index is -0.225. The summed E-state index contributed by atoms with van der Waals surface area (Å²) in [4.78, 5) is 25.8. The van der Waals surface area contributed by atoms with Crippen molar-refractivity contribution in [1.82, 2.24) is 10.2 Å². The number of hydrogen-bond donors (Lipinski definition) is 2. The zero-order chi connectivity index (χ0) is 17.5. The fourth-order valence-electron chi connectivity index (χ4n) is 2.54. The molecule has 1 fully saturated rings. The van der Waals surface area contributed by atoms with Crippen LogP contribution in [-0.2, 0) is 16.1 Å². The largest absolute Gasteiger partial charge is 0.350 e. The van der Waals surface area contributed by atoms with E-state index in [1.54, 1.807) is 16.7 Å². The first-order chi connectivity index (χ1) is 11.5. The molecule has 2 N–H and O–H groups in total. The number of amides is 2. The lowest BCUT2D eigenvalue weighted by atomic mass is 10.1. The molecule has 24 heavy (non-hydrogen) atoms. The summed E-state index contributed by atoms with van der Waals surface area (Å²) in [7, 11) is 0. The van der Waals surface area contributed by atoms with Crippen molar-refractivity contribution < 1.29 is 9.59 Å². The molecule has 1 atom stereocenters. The highest BCUT2D eigenvalue weighted by Gasteiger charge is 2.34. The number of benzene rings is 1. The third-order valence-electron chi connectivity index (χ3n) is 3.75. The molecule has 1 heterocycles. The summed E-state index contributed by atoms with van der Waals surface area (Å²) in [5.74, 6) is 0.939. The van der Waals surface area contributed by atoms with Gasteiger partial charge in [-0.1, -0.05) is 19.1 Å². The van der Waals surface area contributed by atoms with Crippen molar-refractivity contribution in [1.29, 1.82) is 0 Å². The van der Waals surface area contributed by atoms with Crippen LogP contribution in [0.2, 0.25) is 0 Å². The maximum Gasteiger partial charge on any atom is 0.251 e. The predicted molar refractivity (Wildman–Crippen MR) is 103 cm³/mol. The Hall–Kier alpha value is -1.60. The van der Waals surface area contributed by atoms with Crippen LogP contribution in [0.4, 0.5) is 5.69 Å². The molecule has 2 rings (SSSR count). The molecular formula is C17H23N3O2S2. The van der Waals surface area contributed by atoms with E-state index in [9.17, 15) is 9.59 Å². The number of thiocarbonyl (C=S) groups is 1. The zero-order valence-electron chi connectivity index (χ0n) is 14.0. The number of anilines is 1. The molecule has 1 saturated heterocycles. The quantitative estimate of drug-likeness (QED) is 0.694. The van der Waals surface area contributed by atoms with Gasteiger partial charge in [0.25, 0.3) is 5.91 Å². The molecule has 1 aliphatic rings. The van der Waals surface area contributed by atoms with Crippen LogP contribution in [-0.4, -0.2) is 39.9 Å². The van der Waals surface area contributed by atoms with E-state index >= 15 is 0 Å². The Balaban J connectivity index is 2.01. The number of nitrogens with one attached hydrogen (secondary N) is 2. The van der Waals surface area contributed by atoms with Gasteiger partial charge in [-0.2, -0.15) is 11.8 Å². The van der Waals surface area contributed by atoms with Crippen molar-refractivity contribution in [2.45, 2.75) is 38.8 Å². The van der Waals surface area contributed by atoms with Gasteiger partial charge in [0.05, 0.1) is 6.54 Å². The van der Waals surface area contributed by atoms with Crippen molar-refractivity contribution in [3.63, 3.8) is 0 Å². The van der Waals surface area contributed by atoms with E-state index < -0.39 is 0 Å². The number of nitrogens with zero attached hydrogens (tertiary/aromatic N) is 1. The first-order valence-corrected chi connectivity index (χ1v) is 9.85. The highest BCUT2D eigenvalue weighted by Crippen LogP contribution is 2.18. The van der Waals surface area contributed by atoms with E-state index in [0.717, 1.165) is 29.8 Å². The van der Waals surface area contributed by atoms with Gasteiger partial charge in [0.2, 0.25) is 5.91 Å². The number of carbonyl (C=O) groups excluding carboxylic acids is 2. The van der Waals surface area contributed by atoms with Gasteiger partial charge >= 0.3 is 0 Å². The Labute approximate surface area is 152 Å². The Morgan fingerprint density at radius 1 is 1.46 bits per heavy atom. The van der Waals surface area contributed by atoms with Crippen LogP contribution in [0.25, 0.3) is 0 Å². The Bertz CT molecular complexity index is 622. The molecule has 0 unspecified atom stereocenters. The number of thioether (sulfide) groups is 1. The van der Waals surface area contributed by atoms with Gasteiger partial charge < -0.3 is 10.6 Å². The number of hydrogen-bond acceptors (Lipinski definition) is 4. The minimum absolute atomic E-state index is 0.00113. The van der Waals surface area contributed by atoms with E-state index in [1.807, 2.05) is 37.4 Å². The lowest BCUT2D eigenvalue weighted by Gasteiger charge is -2.16. The van der Waals surface area contributed by atoms with Crippen LogP contribution in [0, 0.1) is 0 Å². The molecule has 1 aromatic carbocycles. The van der Waals surface area contributed by atoms with Gasteiger partial charge in [-0.05, 0) is 54.8 Å². The molecular weight excluding hydrogens is 342 g/mol. The Kier molecular flexibility index (Phi) is 7.05. The van der Waals surface area contributed by atoms with Crippen LogP contribution in [0.1, 0.15) is 31.7 Å². The van der Waals surface area contributed by atoms with Crippen LogP contribution in [0.5, 0.6) is 0 Å². The highest BCUT2D eigenvalue weighted by molar-refractivity contribution is 7.98. The third kappa shape index (κ3) is 4.95. The summed E-state index contributed by atoms with van der Waals surface area (Å²) in [5, 5.41) is 6.45. The lowest BCUT2D eigenvalue weighted by molar-refractivity contribution is -0.127. The Morgan fingerprint density at radius 2 is 2.25 bits per heavy atom. The summed E-state index contributed by atoms with van der Waals surface area (Å²) in [6.45, 7) is 2.38. The van der Waals surface area contributed by atoms with Crippen molar-refractivity contribution in [3.05, 3.63) is 29.8 Å². The molecule has 2 amide bonds. The third-order valence-corrected chi connectivity index (χ3v) is 4.73. The summed E-state index contributed by atoms with van der Waals surface area (Å²) >= 11 is 7.01. The smallest absolute Gasteiger partial charge is 0.251 e. The molecule has 0 aliphatic carbocycles.